The van der Waals surface area contributed by atoms with E-state index in [0.717, 1.165) is 17.0 Å². The molecule has 1 amide bonds. The Morgan fingerprint density at radius 3 is 2.09 bits per heavy atom. The maximum absolute atomic E-state index is 13.1. The van der Waals surface area contributed by atoms with Crippen molar-refractivity contribution >= 4 is 23.1 Å². The molecule has 1 unspecified atom stereocenters. The number of carbonyl (C=O) groups is 2. The van der Waals surface area contributed by atoms with Gasteiger partial charge in [-0.3, -0.25) is 19.5 Å². The van der Waals surface area contributed by atoms with Crippen LogP contribution in [0.25, 0.3) is 5.76 Å². The molecule has 1 fully saturated rings. The van der Waals surface area contributed by atoms with Crippen LogP contribution < -0.4 is 14.4 Å². The lowest BCUT2D eigenvalue weighted by molar-refractivity contribution is -0.274. The van der Waals surface area contributed by atoms with Crippen LogP contribution in [-0.2, 0) is 9.59 Å². The number of alkyl halides is 3. The van der Waals surface area contributed by atoms with Crippen molar-refractivity contribution in [2.45, 2.75) is 12.4 Å². The number of ketones is 1. The second-order valence-electron chi connectivity index (χ2n) is 7.22. The fourth-order valence-electron chi connectivity index (χ4n) is 3.67. The van der Waals surface area contributed by atoms with E-state index in [9.17, 15) is 27.9 Å². The van der Waals surface area contributed by atoms with E-state index in [0.29, 0.717) is 11.3 Å². The summed E-state index contributed by atoms with van der Waals surface area (Å²) in [6.07, 6.45) is -2.03. The molecule has 1 N–H and O–H groups in total. The number of carbonyl (C=O) groups excluding carboxylic acids is 2. The number of halogens is 3. The summed E-state index contributed by atoms with van der Waals surface area (Å²) in [7, 11) is 1.48. The maximum atomic E-state index is 13.1. The predicted molar refractivity (Wildman–Crippen MR) is 115 cm³/mol. The number of amides is 1. The van der Waals surface area contributed by atoms with E-state index in [2.05, 4.69) is 9.72 Å². The number of nitrogens with zero attached hydrogens (tertiary/aromatic N) is 2. The van der Waals surface area contributed by atoms with Gasteiger partial charge in [-0.15, -0.1) is 13.2 Å². The first-order valence-corrected chi connectivity index (χ1v) is 9.91. The molecule has 10 heteroatoms. The Bertz CT molecular complexity index is 1240. The summed E-state index contributed by atoms with van der Waals surface area (Å²) in [4.78, 5) is 31.1. The summed E-state index contributed by atoms with van der Waals surface area (Å²) in [5.74, 6) is -2.23. The largest absolute Gasteiger partial charge is 0.573 e. The SMILES string of the molecule is COc1ccc(C2/C(=C(/O)c3ccncc3)C(=O)C(=O)N2c2ccc(OC(F)(F)F)cc2)cc1. The third-order valence-corrected chi connectivity index (χ3v) is 5.18. The molecule has 2 aromatic carbocycles. The minimum atomic E-state index is -4.88. The molecule has 0 radical (unpaired) electrons. The van der Waals surface area contributed by atoms with Gasteiger partial charge in [-0.2, -0.15) is 0 Å². The van der Waals surface area contributed by atoms with Crippen molar-refractivity contribution in [3.8, 4) is 11.5 Å². The van der Waals surface area contributed by atoms with Crippen LogP contribution in [0.3, 0.4) is 0 Å². The fourth-order valence-corrected chi connectivity index (χ4v) is 3.67. The van der Waals surface area contributed by atoms with E-state index in [4.69, 9.17) is 4.74 Å². The summed E-state index contributed by atoms with van der Waals surface area (Å²) in [6, 6.07) is 13.0. The highest BCUT2D eigenvalue weighted by molar-refractivity contribution is 6.51. The first-order chi connectivity index (χ1) is 16.2. The molecule has 3 aromatic rings. The van der Waals surface area contributed by atoms with Gasteiger partial charge in [0.25, 0.3) is 11.7 Å². The topological polar surface area (TPSA) is 89.0 Å². The zero-order chi connectivity index (χ0) is 24.5. The van der Waals surface area contributed by atoms with Gasteiger partial charge >= 0.3 is 6.36 Å². The van der Waals surface area contributed by atoms with Crippen LogP contribution in [0.1, 0.15) is 17.2 Å². The van der Waals surface area contributed by atoms with Gasteiger partial charge in [0.2, 0.25) is 0 Å². The number of ether oxygens (including phenoxy) is 2. The molecule has 2 heterocycles. The monoisotopic (exact) mass is 470 g/mol. The van der Waals surface area contributed by atoms with Crippen molar-refractivity contribution in [2.24, 2.45) is 0 Å². The van der Waals surface area contributed by atoms with Gasteiger partial charge in [-0.05, 0) is 54.1 Å². The minimum Gasteiger partial charge on any atom is -0.507 e. The highest BCUT2D eigenvalue weighted by atomic mass is 19.4. The zero-order valence-electron chi connectivity index (χ0n) is 17.6. The Balaban J connectivity index is 1.84. The minimum absolute atomic E-state index is 0.145. The first kappa shape index (κ1) is 22.8. The summed E-state index contributed by atoms with van der Waals surface area (Å²) >= 11 is 0. The van der Waals surface area contributed by atoms with Crippen molar-refractivity contribution in [2.75, 3.05) is 12.0 Å². The van der Waals surface area contributed by atoms with Crippen LogP contribution in [0.4, 0.5) is 18.9 Å². The van der Waals surface area contributed by atoms with Gasteiger partial charge in [0.15, 0.2) is 0 Å². The first-order valence-electron chi connectivity index (χ1n) is 9.91. The third kappa shape index (κ3) is 4.42. The summed E-state index contributed by atoms with van der Waals surface area (Å²) in [6.45, 7) is 0. The molecule has 0 bridgehead atoms. The molecule has 1 aromatic heterocycles. The Kier molecular flexibility index (Phi) is 5.97. The Morgan fingerprint density at radius 2 is 1.53 bits per heavy atom. The quantitative estimate of drug-likeness (QED) is 0.333. The van der Waals surface area contributed by atoms with Gasteiger partial charge in [-0.25, -0.2) is 0 Å². The van der Waals surface area contributed by atoms with Gasteiger partial charge in [-0.1, -0.05) is 12.1 Å². The van der Waals surface area contributed by atoms with E-state index in [-0.39, 0.29) is 16.8 Å². The number of aliphatic hydroxyl groups is 1. The number of aliphatic hydroxyl groups excluding tert-OH is 1. The van der Waals surface area contributed by atoms with Crippen LogP contribution in [0.15, 0.2) is 78.6 Å². The number of pyridine rings is 1. The van der Waals surface area contributed by atoms with E-state index in [1.807, 2.05) is 0 Å². The van der Waals surface area contributed by atoms with Gasteiger partial charge in [0, 0.05) is 23.6 Å². The lowest BCUT2D eigenvalue weighted by atomic mass is 9.95. The molecule has 1 aliphatic heterocycles. The molecule has 174 valence electrons. The van der Waals surface area contributed by atoms with E-state index in [1.54, 1.807) is 24.3 Å². The normalized spacial score (nSPS) is 17.6. The number of Topliss-reactive ketones (excluding diaryl/α,β-unsaturated/α-hetero) is 1. The Labute approximate surface area is 191 Å². The highest BCUT2D eigenvalue weighted by Gasteiger charge is 2.47. The van der Waals surface area contributed by atoms with Crippen LogP contribution in [0.2, 0.25) is 0 Å². The number of aromatic nitrogens is 1. The Morgan fingerprint density at radius 1 is 0.941 bits per heavy atom. The van der Waals surface area contributed by atoms with Gasteiger partial charge in [0.05, 0.1) is 18.7 Å². The Hall–Kier alpha value is -4.34. The van der Waals surface area contributed by atoms with Crippen LogP contribution in [-0.4, -0.2) is 35.3 Å². The highest BCUT2D eigenvalue weighted by Crippen LogP contribution is 2.42. The second-order valence-corrected chi connectivity index (χ2v) is 7.22. The number of benzene rings is 2. The van der Waals surface area contributed by atoms with Crippen LogP contribution >= 0.6 is 0 Å². The van der Waals surface area contributed by atoms with Crippen molar-refractivity contribution in [1.82, 2.24) is 4.98 Å². The zero-order valence-corrected chi connectivity index (χ0v) is 17.6. The molecular formula is C24H17F3N2O5. The van der Waals surface area contributed by atoms with Crippen molar-refractivity contribution in [3.63, 3.8) is 0 Å². The van der Waals surface area contributed by atoms with Crippen molar-refractivity contribution in [3.05, 3.63) is 89.8 Å². The molecule has 4 rings (SSSR count). The standard InChI is InChI=1S/C24H17F3N2O5/c1-33-17-6-2-14(3-7-17)20-19(21(30)15-10-12-28-13-11-15)22(31)23(32)29(20)16-4-8-18(9-5-16)34-24(25,26)27/h2-13,20,30H,1H3/b21-19-. The molecule has 7 nitrogen and oxygen atoms in total. The average molecular weight is 470 g/mol. The molecule has 0 aliphatic carbocycles. The molecule has 0 spiro atoms. The molecule has 1 saturated heterocycles. The summed E-state index contributed by atoms with van der Waals surface area (Å²) < 4.78 is 46.6. The summed E-state index contributed by atoms with van der Waals surface area (Å²) in [5.41, 5.74) is 0.731. The number of anilines is 1. The number of methoxy groups -OCH3 is 1. The molecule has 1 atom stereocenters. The fraction of sp³-hybridized carbons (Fsp3) is 0.125. The molecule has 1 aliphatic rings. The number of hydrogen-bond donors (Lipinski definition) is 1. The third-order valence-electron chi connectivity index (χ3n) is 5.18. The van der Waals surface area contributed by atoms with Crippen molar-refractivity contribution in [1.29, 1.82) is 0 Å². The van der Waals surface area contributed by atoms with Gasteiger partial charge < -0.3 is 14.6 Å². The smallest absolute Gasteiger partial charge is 0.507 e. The van der Waals surface area contributed by atoms with E-state index >= 15 is 0 Å². The van der Waals surface area contributed by atoms with Crippen LogP contribution in [0.5, 0.6) is 11.5 Å². The lowest BCUT2D eigenvalue weighted by Crippen LogP contribution is -2.29. The number of rotatable bonds is 5. The van der Waals surface area contributed by atoms with E-state index < -0.39 is 35.6 Å². The molecule has 34 heavy (non-hydrogen) atoms. The molecule has 0 saturated carbocycles. The maximum Gasteiger partial charge on any atom is 0.573 e. The lowest BCUT2D eigenvalue weighted by Gasteiger charge is -2.25. The summed E-state index contributed by atoms with van der Waals surface area (Å²) in [5, 5.41) is 11.0. The van der Waals surface area contributed by atoms with Crippen LogP contribution in [0, 0.1) is 0 Å². The predicted octanol–water partition coefficient (Wildman–Crippen LogP) is 4.62. The van der Waals surface area contributed by atoms with E-state index in [1.165, 1.54) is 43.8 Å². The van der Waals surface area contributed by atoms with Crippen molar-refractivity contribution < 1.29 is 37.3 Å². The van der Waals surface area contributed by atoms with Gasteiger partial charge in [0.1, 0.15) is 17.3 Å². The molecular weight excluding hydrogens is 453 g/mol. The second kappa shape index (κ2) is 8.89. The average Bonchev–Trinajstić information content (AvgIpc) is 3.09. The number of hydrogen-bond acceptors (Lipinski definition) is 6.